The van der Waals surface area contributed by atoms with E-state index >= 15 is 0 Å². The molecule has 0 saturated heterocycles. The Morgan fingerprint density at radius 2 is 1.58 bits per heavy atom. The Kier molecular flexibility index (Phi) is 4.25. The molecule has 0 aliphatic carbocycles. The number of hydrogen-bond donors (Lipinski definition) is 1. The lowest BCUT2D eigenvalue weighted by atomic mass is 9.94. The van der Waals surface area contributed by atoms with Crippen LogP contribution in [0.2, 0.25) is 0 Å². The summed E-state index contributed by atoms with van der Waals surface area (Å²) in [6, 6.07) is 18.1. The van der Waals surface area contributed by atoms with Gasteiger partial charge in [-0.2, -0.15) is 0 Å². The zero-order chi connectivity index (χ0) is 17.1. The van der Waals surface area contributed by atoms with Gasteiger partial charge in [0.25, 0.3) is 0 Å². The van der Waals surface area contributed by atoms with Crippen molar-refractivity contribution < 1.29 is 14.7 Å². The van der Waals surface area contributed by atoms with Gasteiger partial charge in [-0.05, 0) is 47.0 Å². The molecule has 0 atom stereocenters. The molecule has 1 N–H and O–H groups in total. The van der Waals surface area contributed by atoms with Crippen molar-refractivity contribution in [3.63, 3.8) is 0 Å². The fourth-order valence-corrected chi connectivity index (χ4v) is 2.81. The predicted molar refractivity (Wildman–Crippen MR) is 95.5 cm³/mol. The minimum atomic E-state index is -0.992. The van der Waals surface area contributed by atoms with Crippen LogP contribution in [0.25, 0.3) is 16.8 Å². The number of carboxylic acids is 1. The van der Waals surface area contributed by atoms with Gasteiger partial charge in [0.2, 0.25) is 0 Å². The van der Waals surface area contributed by atoms with Crippen LogP contribution in [-0.2, 0) is 0 Å². The van der Waals surface area contributed by atoms with Gasteiger partial charge < -0.3 is 5.11 Å². The Bertz CT molecular complexity index is 953. The molecule has 3 heteroatoms. The summed E-state index contributed by atoms with van der Waals surface area (Å²) in [5, 5.41) is 10.7. The van der Waals surface area contributed by atoms with Crippen LogP contribution < -0.4 is 0 Å². The largest absolute Gasteiger partial charge is 0.478 e. The second-order valence-electron chi connectivity index (χ2n) is 5.57. The third-order valence-electron chi connectivity index (χ3n) is 3.97. The van der Waals surface area contributed by atoms with Crippen LogP contribution in [0, 0.1) is 6.92 Å². The van der Waals surface area contributed by atoms with E-state index in [0.717, 1.165) is 11.1 Å². The highest BCUT2D eigenvalue weighted by Crippen LogP contribution is 2.27. The molecule has 118 valence electrons. The maximum atomic E-state index is 12.6. The first-order chi connectivity index (χ1) is 11.6. The summed E-state index contributed by atoms with van der Waals surface area (Å²) >= 11 is 0. The van der Waals surface area contributed by atoms with Crippen molar-refractivity contribution in [1.82, 2.24) is 0 Å². The lowest BCUT2D eigenvalue weighted by molar-refractivity contribution is 0.0698. The zero-order valence-electron chi connectivity index (χ0n) is 13.2. The molecule has 0 heterocycles. The van der Waals surface area contributed by atoms with Crippen molar-refractivity contribution in [2.75, 3.05) is 0 Å². The van der Waals surface area contributed by atoms with Gasteiger partial charge in [0.05, 0.1) is 5.56 Å². The van der Waals surface area contributed by atoms with Gasteiger partial charge in [-0.25, -0.2) is 4.79 Å². The van der Waals surface area contributed by atoms with E-state index in [4.69, 9.17) is 0 Å². The second-order valence-corrected chi connectivity index (χ2v) is 5.57. The molecule has 24 heavy (non-hydrogen) atoms. The minimum Gasteiger partial charge on any atom is -0.478 e. The highest BCUT2D eigenvalue weighted by Gasteiger charge is 2.15. The van der Waals surface area contributed by atoms with Gasteiger partial charge in [-0.15, -0.1) is 0 Å². The average Bonchev–Trinajstić information content (AvgIpc) is 2.60. The maximum Gasteiger partial charge on any atom is 0.336 e. The first-order valence-corrected chi connectivity index (χ1v) is 7.61. The molecule has 0 spiro atoms. The number of carbonyl (C=O) groups excluding carboxylic acids is 1. The number of rotatable bonds is 4. The van der Waals surface area contributed by atoms with Crippen LogP contribution in [0.1, 0.15) is 31.8 Å². The molecule has 0 saturated carbocycles. The van der Waals surface area contributed by atoms with Crippen molar-refractivity contribution in [3.05, 3.63) is 89.0 Å². The summed E-state index contributed by atoms with van der Waals surface area (Å²) < 4.78 is 0. The molecular formula is C21H16O3. The molecule has 3 nitrogen and oxygen atoms in total. The molecule has 3 aromatic rings. The summed E-state index contributed by atoms with van der Waals surface area (Å²) in [5.74, 6) is -1.14. The summed E-state index contributed by atoms with van der Waals surface area (Å²) in [6.45, 7) is 1.85. The minimum absolute atomic E-state index is 0.147. The third-order valence-corrected chi connectivity index (χ3v) is 3.97. The van der Waals surface area contributed by atoms with Gasteiger partial charge in [-0.1, -0.05) is 54.6 Å². The van der Waals surface area contributed by atoms with Crippen molar-refractivity contribution >= 4 is 28.6 Å². The lowest BCUT2D eigenvalue weighted by Crippen LogP contribution is -2.03. The number of ketones is 1. The molecule has 0 fully saturated rings. The standard InChI is InChI=1S/C21H16O3/c1-14-6-5-9-17-16(11-12-18(20(14)17)21(23)24)19(22)13-10-15-7-3-2-4-8-15/h2-13H,1H3,(H,23,24)/b13-10+. The van der Waals surface area contributed by atoms with E-state index in [1.807, 2.05) is 49.4 Å². The number of carboxylic acid groups (broad SMARTS) is 1. The van der Waals surface area contributed by atoms with Gasteiger partial charge in [0, 0.05) is 5.56 Å². The van der Waals surface area contributed by atoms with Crippen LogP contribution in [0.4, 0.5) is 0 Å². The number of carbonyl (C=O) groups is 2. The van der Waals surface area contributed by atoms with Gasteiger partial charge >= 0.3 is 5.97 Å². The van der Waals surface area contributed by atoms with Gasteiger partial charge in [0.15, 0.2) is 5.78 Å². The Morgan fingerprint density at radius 3 is 2.29 bits per heavy atom. The van der Waals surface area contributed by atoms with Gasteiger partial charge in [-0.3, -0.25) is 4.79 Å². The third kappa shape index (κ3) is 2.97. The fraction of sp³-hybridized carbons (Fsp3) is 0.0476. The fourth-order valence-electron chi connectivity index (χ4n) is 2.81. The normalized spacial score (nSPS) is 11.0. The van der Waals surface area contributed by atoms with E-state index in [2.05, 4.69) is 0 Å². The van der Waals surface area contributed by atoms with Crippen LogP contribution in [0.5, 0.6) is 0 Å². The van der Waals surface area contributed by atoms with E-state index in [1.165, 1.54) is 12.1 Å². The summed E-state index contributed by atoms with van der Waals surface area (Å²) in [6.07, 6.45) is 3.28. The molecule has 0 bridgehead atoms. The number of aromatic carboxylic acids is 1. The monoisotopic (exact) mass is 316 g/mol. The van der Waals surface area contributed by atoms with Crippen LogP contribution >= 0.6 is 0 Å². The highest BCUT2D eigenvalue weighted by molar-refractivity contribution is 6.18. The average molecular weight is 316 g/mol. The highest BCUT2D eigenvalue weighted by atomic mass is 16.4. The first-order valence-electron chi connectivity index (χ1n) is 7.61. The molecular weight excluding hydrogens is 300 g/mol. The second kappa shape index (κ2) is 6.50. The molecule has 0 aliphatic rings. The molecule has 3 rings (SSSR count). The molecule has 0 aliphatic heterocycles. The van der Waals surface area contributed by atoms with Crippen molar-refractivity contribution in [1.29, 1.82) is 0 Å². The Morgan fingerprint density at radius 1 is 0.875 bits per heavy atom. The predicted octanol–water partition coefficient (Wildman–Crippen LogP) is 4.74. The van der Waals surface area contributed by atoms with E-state index in [0.29, 0.717) is 16.3 Å². The van der Waals surface area contributed by atoms with Crippen molar-refractivity contribution in [2.24, 2.45) is 0 Å². The molecule has 0 radical (unpaired) electrons. The van der Waals surface area contributed by atoms with Crippen molar-refractivity contribution in [3.8, 4) is 0 Å². The Labute approximate surface area is 139 Å². The zero-order valence-corrected chi connectivity index (χ0v) is 13.2. The number of fused-ring (bicyclic) bond motifs is 1. The van der Waals surface area contributed by atoms with Crippen LogP contribution in [0.15, 0.2) is 66.7 Å². The number of aryl methyl sites for hydroxylation is 1. The van der Waals surface area contributed by atoms with E-state index in [9.17, 15) is 14.7 Å². The topological polar surface area (TPSA) is 54.4 Å². The number of benzene rings is 3. The van der Waals surface area contributed by atoms with Gasteiger partial charge in [0.1, 0.15) is 0 Å². The summed E-state index contributed by atoms with van der Waals surface area (Å²) in [5.41, 5.74) is 2.50. The van der Waals surface area contributed by atoms with E-state index in [-0.39, 0.29) is 11.3 Å². The molecule has 3 aromatic carbocycles. The molecule has 0 unspecified atom stereocenters. The quantitative estimate of drug-likeness (QED) is 0.558. The van der Waals surface area contributed by atoms with E-state index in [1.54, 1.807) is 18.2 Å². The Hall–Kier alpha value is -3.20. The Balaban J connectivity index is 2.09. The first kappa shape index (κ1) is 15.7. The van der Waals surface area contributed by atoms with Crippen LogP contribution in [0.3, 0.4) is 0 Å². The molecule has 0 amide bonds. The molecule has 0 aromatic heterocycles. The number of hydrogen-bond acceptors (Lipinski definition) is 2. The SMILES string of the molecule is Cc1cccc2c(C(=O)/C=C/c3ccccc3)ccc(C(=O)O)c12. The lowest BCUT2D eigenvalue weighted by Gasteiger charge is -2.09. The maximum absolute atomic E-state index is 12.6. The number of allylic oxidation sites excluding steroid dienone is 1. The smallest absolute Gasteiger partial charge is 0.336 e. The van der Waals surface area contributed by atoms with E-state index < -0.39 is 5.97 Å². The van der Waals surface area contributed by atoms with Crippen molar-refractivity contribution in [2.45, 2.75) is 6.92 Å². The van der Waals surface area contributed by atoms with Crippen LogP contribution in [-0.4, -0.2) is 16.9 Å². The summed E-state index contributed by atoms with van der Waals surface area (Å²) in [7, 11) is 0. The summed E-state index contributed by atoms with van der Waals surface area (Å²) in [4.78, 5) is 24.1.